The molecule has 0 saturated heterocycles. The van der Waals surface area contributed by atoms with E-state index < -0.39 is 0 Å². The van der Waals surface area contributed by atoms with E-state index in [1.54, 1.807) is 13.2 Å². The highest BCUT2D eigenvalue weighted by Crippen LogP contribution is 2.18. The van der Waals surface area contributed by atoms with E-state index in [0.717, 1.165) is 24.2 Å². The summed E-state index contributed by atoms with van der Waals surface area (Å²) in [4.78, 5) is 11.9. The minimum Gasteiger partial charge on any atom is -0.496 e. The zero-order chi connectivity index (χ0) is 14.3. The molecule has 106 valence electrons. The number of nitrogens with two attached hydrogens (primary N) is 1. The third-order valence-electron chi connectivity index (χ3n) is 3.23. The van der Waals surface area contributed by atoms with Gasteiger partial charge in [-0.2, -0.15) is 0 Å². The van der Waals surface area contributed by atoms with Gasteiger partial charge in [0.05, 0.1) is 7.11 Å². The van der Waals surface area contributed by atoms with Gasteiger partial charge in [0.1, 0.15) is 5.75 Å². The first kappa shape index (κ1) is 15.5. The molecule has 19 heavy (non-hydrogen) atoms. The molecule has 1 amide bonds. The van der Waals surface area contributed by atoms with Crippen molar-refractivity contribution in [3.8, 4) is 5.75 Å². The number of ether oxygens (including phenoxy) is 1. The Bertz CT molecular complexity index is 419. The summed E-state index contributed by atoms with van der Waals surface area (Å²) in [6.07, 6.45) is 1.99. The van der Waals surface area contributed by atoms with E-state index in [1.807, 2.05) is 19.1 Å². The number of amides is 1. The Labute approximate surface area is 115 Å². The van der Waals surface area contributed by atoms with Gasteiger partial charge in [0, 0.05) is 12.1 Å². The van der Waals surface area contributed by atoms with Crippen molar-refractivity contribution in [2.45, 2.75) is 26.7 Å². The highest BCUT2D eigenvalue weighted by Gasteiger charge is 2.08. The van der Waals surface area contributed by atoms with Crippen molar-refractivity contribution in [1.82, 2.24) is 5.32 Å². The van der Waals surface area contributed by atoms with E-state index >= 15 is 0 Å². The van der Waals surface area contributed by atoms with Crippen molar-refractivity contribution in [3.05, 3.63) is 29.3 Å². The lowest BCUT2D eigenvalue weighted by Crippen LogP contribution is -2.25. The van der Waals surface area contributed by atoms with Crippen molar-refractivity contribution in [3.63, 3.8) is 0 Å². The molecule has 0 bridgehead atoms. The van der Waals surface area contributed by atoms with Crippen molar-refractivity contribution in [1.29, 1.82) is 0 Å². The summed E-state index contributed by atoms with van der Waals surface area (Å²) < 4.78 is 5.21. The van der Waals surface area contributed by atoms with Crippen LogP contribution in [0, 0.1) is 12.8 Å². The van der Waals surface area contributed by atoms with Gasteiger partial charge in [0.2, 0.25) is 0 Å². The fourth-order valence-corrected chi connectivity index (χ4v) is 1.83. The van der Waals surface area contributed by atoms with Crippen LogP contribution in [-0.2, 0) is 0 Å². The summed E-state index contributed by atoms with van der Waals surface area (Å²) in [5.41, 5.74) is 7.21. The number of hydrogen-bond donors (Lipinski definition) is 2. The normalized spacial score (nSPS) is 12.0. The van der Waals surface area contributed by atoms with E-state index in [1.165, 1.54) is 0 Å². The zero-order valence-electron chi connectivity index (χ0n) is 12.0. The minimum atomic E-state index is -0.0568. The van der Waals surface area contributed by atoms with Gasteiger partial charge in [-0.15, -0.1) is 0 Å². The van der Waals surface area contributed by atoms with Crippen LogP contribution < -0.4 is 15.8 Å². The summed E-state index contributed by atoms with van der Waals surface area (Å²) >= 11 is 0. The van der Waals surface area contributed by atoms with Crippen LogP contribution in [-0.4, -0.2) is 26.1 Å². The van der Waals surface area contributed by atoms with Gasteiger partial charge in [-0.05, 0) is 49.9 Å². The first-order chi connectivity index (χ1) is 9.08. The van der Waals surface area contributed by atoms with E-state index in [2.05, 4.69) is 12.2 Å². The molecule has 0 aliphatic rings. The van der Waals surface area contributed by atoms with Crippen LogP contribution in [0.5, 0.6) is 5.75 Å². The predicted molar refractivity (Wildman–Crippen MR) is 77.5 cm³/mol. The number of carbonyl (C=O) groups excluding carboxylic acids is 1. The number of carbonyl (C=O) groups is 1. The summed E-state index contributed by atoms with van der Waals surface area (Å²) in [6.45, 7) is 5.45. The van der Waals surface area contributed by atoms with Crippen LogP contribution in [0.15, 0.2) is 18.2 Å². The molecule has 1 aromatic carbocycles. The van der Waals surface area contributed by atoms with Crippen LogP contribution in [0.2, 0.25) is 0 Å². The van der Waals surface area contributed by atoms with E-state index in [4.69, 9.17) is 10.5 Å². The maximum atomic E-state index is 11.9. The molecule has 4 nitrogen and oxygen atoms in total. The third-order valence-corrected chi connectivity index (χ3v) is 3.23. The molecule has 0 saturated carbocycles. The fourth-order valence-electron chi connectivity index (χ4n) is 1.83. The average molecular weight is 264 g/mol. The molecule has 0 aliphatic carbocycles. The van der Waals surface area contributed by atoms with Gasteiger partial charge >= 0.3 is 0 Å². The summed E-state index contributed by atoms with van der Waals surface area (Å²) in [6, 6.07) is 5.48. The molecule has 0 spiro atoms. The SMILES string of the molecule is COc1cc(C(=O)NCCCC(C)CN)ccc1C. The molecule has 0 radical (unpaired) electrons. The summed E-state index contributed by atoms with van der Waals surface area (Å²) in [5, 5.41) is 2.91. The zero-order valence-corrected chi connectivity index (χ0v) is 12.0. The van der Waals surface area contributed by atoms with Gasteiger partial charge in [-0.3, -0.25) is 4.79 Å². The maximum Gasteiger partial charge on any atom is 0.251 e. The Morgan fingerprint density at radius 1 is 1.47 bits per heavy atom. The Morgan fingerprint density at radius 2 is 2.21 bits per heavy atom. The lowest BCUT2D eigenvalue weighted by molar-refractivity contribution is 0.0952. The molecule has 1 rings (SSSR count). The van der Waals surface area contributed by atoms with Crippen LogP contribution in [0.25, 0.3) is 0 Å². The third kappa shape index (κ3) is 4.91. The first-order valence-corrected chi connectivity index (χ1v) is 6.71. The Hall–Kier alpha value is -1.55. The predicted octanol–water partition coefficient (Wildman–Crippen LogP) is 2.11. The number of methoxy groups -OCH3 is 1. The van der Waals surface area contributed by atoms with Crippen molar-refractivity contribution in [2.75, 3.05) is 20.2 Å². The largest absolute Gasteiger partial charge is 0.496 e. The topological polar surface area (TPSA) is 64.3 Å². The van der Waals surface area contributed by atoms with E-state index in [9.17, 15) is 4.79 Å². The molecule has 0 heterocycles. The molecule has 3 N–H and O–H groups in total. The van der Waals surface area contributed by atoms with Crippen LogP contribution in [0.3, 0.4) is 0 Å². The minimum absolute atomic E-state index is 0.0568. The fraction of sp³-hybridized carbons (Fsp3) is 0.533. The van der Waals surface area contributed by atoms with Gasteiger partial charge in [0.15, 0.2) is 0 Å². The van der Waals surface area contributed by atoms with Crippen molar-refractivity contribution in [2.24, 2.45) is 11.7 Å². The Morgan fingerprint density at radius 3 is 2.84 bits per heavy atom. The quantitative estimate of drug-likeness (QED) is 0.741. The molecule has 0 aromatic heterocycles. The van der Waals surface area contributed by atoms with Gasteiger partial charge in [0.25, 0.3) is 5.91 Å². The Kier molecular flexibility index (Phi) is 6.36. The molecule has 1 atom stereocenters. The van der Waals surface area contributed by atoms with Crippen LogP contribution in [0.4, 0.5) is 0 Å². The second kappa shape index (κ2) is 7.79. The number of hydrogen-bond acceptors (Lipinski definition) is 3. The first-order valence-electron chi connectivity index (χ1n) is 6.71. The monoisotopic (exact) mass is 264 g/mol. The summed E-state index contributed by atoms with van der Waals surface area (Å²) in [7, 11) is 1.61. The van der Waals surface area contributed by atoms with Gasteiger partial charge in [-0.25, -0.2) is 0 Å². The number of benzene rings is 1. The second-order valence-electron chi connectivity index (χ2n) is 4.92. The maximum absolute atomic E-state index is 11.9. The second-order valence-corrected chi connectivity index (χ2v) is 4.92. The summed E-state index contributed by atoms with van der Waals surface area (Å²) in [5.74, 6) is 1.19. The molecule has 1 aromatic rings. The highest BCUT2D eigenvalue weighted by atomic mass is 16.5. The van der Waals surface area contributed by atoms with Crippen LogP contribution in [0.1, 0.15) is 35.7 Å². The lowest BCUT2D eigenvalue weighted by Gasteiger charge is -2.10. The highest BCUT2D eigenvalue weighted by molar-refractivity contribution is 5.94. The Balaban J connectivity index is 2.45. The number of nitrogens with one attached hydrogen (secondary N) is 1. The molecular weight excluding hydrogens is 240 g/mol. The number of aryl methyl sites for hydroxylation is 1. The van der Waals surface area contributed by atoms with Crippen LogP contribution >= 0.6 is 0 Å². The van der Waals surface area contributed by atoms with Gasteiger partial charge in [-0.1, -0.05) is 13.0 Å². The lowest BCUT2D eigenvalue weighted by atomic mass is 10.1. The van der Waals surface area contributed by atoms with Gasteiger partial charge < -0.3 is 15.8 Å². The smallest absolute Gasteiger partial charge is 0.251 e. The van der Waals surface area contributed by atoms with E-state index in [0.29, 0.717) is 24.6 Å². The molecule has 1 unspecified atom stereocenters. The molecular formula is C15H24N2O2. The number of rotatable bonds is 7. The standard InChI is InChI=1S/C15H24N2O2/c1-11(10-16)5-4-8-17-15(18)13-7-6-12(2)14(9-13)19-3/h6-7,9,11H,4-5,8,10,16H2,1-3H3,(H,17,18). The van der Waals surface area contributed by atoms with Crippen molar-refractivity contribution < 1.29 is 9.53 Å². The van der Waals surface area contributed by atoms with E-state index in [-0.39, 0.29) is 5.91 Å². The molecule has 0 fully saturated rings. The average Bonchev–Trinajstić information content (AvgIpc) is 2.43. The van der Waals surface area contributed by atoms with Crippen molar-refractivity contribution >= 4 is 5.91 Å². The molecule has 4 heteroatoms. The molecule has 0 aliphatic heterocycles.